The monoisotopic (exact) mass is 500 g/mol. The first-order valence-electron chi connectivity index (χ1n) is 11.0. The Hall–Kier alpha value is -4.47. The number of amides is 2. The lowest BCUT2D eigenvalue weighted by molar-refractivity contribution is -0.146. The van der Waals surface area contributed by atoms with Crippen LogP contribution in [0.5, 0.6) is 0 Å². The zero-order chi connectivity index (χ0) is 27.3. The highest BCUT2D eigenvalue weighted by atomic mass is 16.4. The highest BCUT2D eigenvalue weighted by molar-refractivity contribution is 5.93. The molecule has 3 atom stereocenters. The average Bonchev–Trinajstić information content (AvgIpc) is 2.81. The van der Waals surface area contributed by atoms with Crippen molar-refractivity contribution < 1.29 is 39.3 Å². The van der Waals surface area contributed by atoms with E-state index >= 15 is 0 Å². The third-order valence-electron chi connectivity index (χ3n) is 4.49. The summed E-state index contributed by atoms with van der Waals surface area (Å²) < 4.78 is 0. The summed E-state index contributed by atoms with van der Waals surface area (Å²) in [4.78, 5) is 56.1. The van der Waals surface area contributed by atoms with Gasteiger partial charge in [0.25, 0.3) is 0 Å². The maximum Gasteiger partial charge on any atom is 0.326 e. The lowest BCUT2D eigenvalue weighted by Crippen LogP contribution is -2.44. The first-order valence-corrected chi connectivity index (χ1v) is 11.0. The minimum Gasteiger partial charge on any atom is -0.481 e. The second kappa shape index (κ2) is 18.9. The van der Waals surface area contributed by atoms with Crippen LogP contribution >= 0.6 is 0 Å². The van der Waals surface area contributed by atoms with Gasteiger partial charge in [-0.15, -0.1) is 0 Å². The lowest BCUT2D eigenvalue weighted by atomic mass is 9.99. The van der Waals surface area contributed by atoms with Crippen molar-refractivity contribution in [2.24, 2.45) is 5.92 Å². The third kappa shape index (κ3) is 16.2. The van der Waals surface area contributed by atoms with Gasteiger partial charge in [0.2, 0.25) is 11.8 Å². The van der Waals surface area contributed by atoms with Crippen LogP contribution in [-0.4, -0.2) is 57.1 Å². The van der Waals surface area contributed by atoms with Crippen molar-refractivity contribution in [3.05, 3.63) is 85.1 Å². The summed E-state index contributed by atoms with van der Waals surface area (Å²) in [6.07, 6.45) is 22.1. The highest BCUT2D eigenvalue weighted by Gasteiger charge is 2.24. The van der Waals surface area contributed by atoms with Crippen molar-refractivity contribution in [3.8, 4) is 0 Å². The summed E-state index contributed by atoms with van der Waals surface area (Å²) in [5.74, 6) is -5.20. The number of carbonyl (C=O) groups excluding carboxylic acids is 2. The maximum atomic E-state index is 11.8. The molecular weight excluding hydrogens is 468 g/mol. The van der Waals surface area contributed by atoms with Gasteiger partial charge in [-0.25, -0.2) is 9.59 Å². The molecule has 0 saturated carbocycles. The molecule has 0 saturated heterocycles. The second-order valence-corrected chi connectivity index (χ2v) is 7.35. The van der Waals surface area contributed by atoms with Gasteiger partial charge < -0.3 is 26.0 Å². The van der Waals surface area contributed by atoms with E-state index in [2.05, 4.69) is 10.6 Å². The number of hydrogen-bond acceptors (Lipinski definition) is 5. The third-order valence-corrected chi connectivity index (χ3v) is 4.49. The first kappa shape index (κ1) is 31.5. The number of hydrogen-bond donors (Lipinski definition) is 5. The largest absolute Gasteiger partial charge is 0.481 e. The molecule has 0 aliphatic carbocycles. The Morgan fingerprint density at radius 2 is 1.03 bits per heavy atom. The van der Waals surface area contributed by atoms with Crippen LogP contribution in [0.15, 0.2) is 85.1 Å². The van der Waals surface area contributed by atoms with E-state index in [1.54, 1.807) is 67.7 Å². The molecule has 0 aromatic heterocycles. The topological polar surface area (TPSA) is 170 Å². The first-order chi connectivity index (χ1) is 17.1. The molecule has 36 heavy (non-hydrogen) atoms. The van der Waals surface area contributed by atoms with E-state index < -0.39 is 48.2 Å². The van der Waals surface area contributed by atoms with Crippen LogP contribution in [0.4, 0.5) is 0 Å². The number of allylic oxidation sites excluding steroid dienone is 12. The summed E-state index contributed by atoms with van der Waals surface area (Å²) in [5.41, 5.74) is 0. The van der Waals surface area contributed by atoms with Crippen molar-refractivity contribution in [3.63, 3.8) is 0 Å². The van der Waals surface area contributed by atoms with E-state index in [1.165, 1.54) is 18.2 Å². The Morgan fingerprint density at radius 3 is 1.36 bits per heavy atom. The number of nitrogens with one attached hydrogen (secondary N) is 2. The Labute approximate surface area is 209 Å². The molecule has 3 unspecified atom stereocenters. The van der Waals surface area contributed by atoms with Gasteiger partial charge in [0.05, 0.1) is 6.42 Å². The standard InChI is InChI=1S/C26H32N2O8/c1-3-19(2)24(26(35)36)28-22(30)17-15-13-11-9-7-5-4-6-8-10-12-14-16-21(29)27-20(25(33)34)18-23(31)32/h4-17,19-20,24H,3,18H2,1-2H3,(H,27,29)(H,28,30)(H,31,32)(H,33,34)(H,35,36). The zero-order valence-corrected chi connectivity index (χ0v) is 20.1. The number of aliphatic carboxylic acids is 3. The quantitative estimate of drug-likeness (QED) is 0.159. The molecule has 0 heterocycles. The summed E-state index contributed by atoms with van der Waals surface area (Å²) in [5, 5.41) is 31.2. The average molecular weight is 501 g/mol. The maximum absolute atomic E-state index is 11.8. The van der Waals surface area contributed by atoms with Crippen molar-refractivity contribution in [1.82, 2.24) is 10.6 Å². The molecule has 0 spiro atoms. The molecular formula is C26H32N2O8. The number of rotatable bonds is 16. The molecule has 2 amide bonds. The van der Waals surface area contributed by atoms with Gasteiger partial charge in [-0.05, 0) is 5.92 Å². The van der Waals surface area contributed by atoms with Crippen LogP contribution in [0.3, 0.4) is 0 Å². The Balaban J connectivity index is 4.38. The normalized spacial score (nSPS) is 14.9. The smallest absolute Gasteiger partial charge is 0.326 e. The van der Waals surface area contributed by atoms with Gasteiger partial charge in [-0.3, -0.25) is 14.4 Å². The van der Waals surface area contributed by atoms with Crippen LogP contribution < -0.4 is 10.6 Å². The van der Waals surface area contributed by atoms with E-state index in [0.29, 0.717) is 6.42 Å². The molecule has 0 aliphatic heterocycles. The SMILES string of the molecule is CCC(C)C(NC(=O)C=CC=CC=CC=CC=CC=CC=CC(=O)NC(CC(=O)O)C(=O)O)C(=O)O. The number of carboxylic acid groups (broad SMARTS) is 3. The Morgan fingerprint density at radius 1 is 0.639 bits per heavy atom. The summed E-state index contributed by atoms with van der Waals surface area (Å²) >= 11 is 0. The van der Waals surface area contributed by atoms with Gasteiger partial charge in [-0.2, -0.15) is 0 Å². The Kier molecular flexibility index (Phi) is 16.6. The van der Waals surface area contributed by atoms with Crippen molar-refractivity contribution in [2.45, 2.75) is 38.8 Å². The summed E-state index contributed by atoms with van der Waals surface area (Å²) in [6.45, 7) is 3.62. The molecule has 0 fully saturated rings. The predicted molar refractivity (Wildman–Crippen MR) is 135 cm³/mol. The lowest BCUT2D eigenvalue weighted by Gasteiger charge is -2.19. The van der Waals surface area contributed by atoms with Crippen LogP contribution in [0.25, 0.3) is 0 Å². The van der Waals surface area contributed by atoms with Crippen LogP contribution in [0, 0.1) is 5.92 Å². The van der Waals surface area contributed by atoms with Gasteiger partial charge in [-0.1, -0.05) is 93.2 Å². The predicted octanol–water partition coefficient (Wildman–Crippen LogP) is 2.54. The van der Waals surface area contributed by atoms with Crippen LogP contribution in [0.2, 0.25) is 0 Å². The van der Waals surface area contributed by atoms with Gasteiger partial charge in [0, 0.05) is 12.2 Å². The summed E-state index contributed by atoms with van der Waals surface area (Å²) in [6, 6.07) is -2.43. The van der Waals surface area contributed by atoms with E-state index in [9.17, 15) is 24.0 Å². The molecule has 0 bridgehead atoms. The number of carbonyl (C=O) groups is 5. The fourth-order valence-electron chi connectivity index (χ4n) is 2.41. The van der Waals surface area contributed by atoms with Gasteiger partial charge in [0.15, 0.2) is 0 Å². The van der Waals surface area contributed by atoms with E-state index in [-0.39, 0.29) is 5.92 Å². The van der Waals surface area contributed by atoms with E-state index in [4.69, 9.17) is 15.3 Å². The molecule has 10 heteroatoms. The minimum absolute atomic E-state index is 0.178. The molecule has 194 valence electrons. The molecule has 0 aromatic rings. The zero-order valence-electron chi connectivity index (χ0n) is 20.1. The fraction of sp³-hybridized carbons (Fsp3) is 0.269. The minimum atomic E-state index is -1.50. The molecule has 0 aromatic carbocycles. The molecule has 0 radical (unpaired) electrons. The molecule has 10 nitrogen and oxygen atoms in total. The van der Waals surface area contributed by atoms with Crippen molar-refractivity contribution >= 4 is 29.7 Å². The van der Waals surface area contributed by atoms with Gasteiger partial charge in [0.1, 0.15) is 12.1 Å². The van der Waals surface area contributed by atoms with Gasteiger partial charge >= 0.3 is 17.9 Å². The van der Waals surface area contributed by atoms with E-state index in [0.717, 1.165) is 6.08 Å². The molecule has 5 N–H and O–H groups in total. The van der Waals surface area contributed by atoms with Crippen LogP contribution in [-0.2, 0) is 24.0 Å². The summed E-state index contributed by atoms with van der Waals surface area (Å²) in [7, 11) is 0. The highest BCUT2D eigenvalue weighted by Crippen LogP contribution is 2.07. The van der Waals surface area contributed by atoms with E-state index in [1.807, 2.05) is 6.92 Å². The van der Waals surface area contributed by atoms with Crippen LogP contribution in [0.1, 0.15) is 26.7 Å². The van der Waals surface area contributed by atoms with Crippen molar-refractivity contribution in [2.75, 3.05) is 0 Å². The second-order valence-electron chi connectivity index (χ2n) is 7.35. The van der Waals surface area contributed by atoms with Crippen molar-refractivity contribution in [1.29, 1.82) is 0 Å². The molecule has 0 aliphatic rings. The number of carboxylic acids is 3. The fourth-order valence-corrected chi connectivity index (χ4v) is 2.41. The Bertz CT molecular complexity index is 970. The molecule has 0 rings (SSSR count).